The molecule has 1 aliphatic rings. The van der Waals surface area contributed by atoms with Crippen molar-refractivity contribution >= 4 is 23.0 Å². The topological polar surface area (TPSA) is 110 Å². The van der Waals surface area contributed by atoms with Crippen molar-refractivity contribution in [2.24, 2.45) is 0 Å². The van der Waals surface area contributed by atoms with Crippen LogP contribution >= 0.6 is 0 Å². The van der Waals surface area contributed by atoms with Crippen LogP contribution in [0.25, 0.3) is 39.5 Å². The summed E-state index contributed by atoms with van der Waals surface area (Å²) in [4.78, 5) is 28.0. The van der Waals surface area contributed by atoms with Gasteiger partial charge in [0.2, 0.25) is 0 Å². The van der Waals surface area contributed by atoms with Gasteiger partial charge in [-0.05, 0) is 91.5 Å². The van der Waals surface area contributed by atoms with Gasteiger partial charge in [-0.1, -0.05) is 54.6 Å². The van der Waals surface area contributed by atoms with E-state index in [0.29, 0.717) is 23.1 Å². The van der Waals surface area contributed by atoms with Gasteiger partial charge in [0.1, 0.15) is 11.3 Å². The number of hydrogen-bond acceptors (Lipinski definition) is 6. The fraction of sp³-hybridized carbons (Fsp3) is 0.167. The molecule has 0 radical (unpaired) electrons. The highest BCUT2D eigenvalue weighted by atomic mass is 16.4. The quantitative estimate of drug-likeness (QED) is 0.213. The van der Waals surface area contributed by atoms with Crippen LogP contribution < -0.4 is 5.73 Å². The molecular weight excluding hydrogens is 548 g/mol. The number of aromatic nitrogens is 4. The van der Waals surface area contributed by atoms with E-state index in [-0.39, 0.29) is 0 Å². The van der Waals surface area contributed by atoms with Crippen LogP contribution in [0.3, 0.4) is 0 Å². The molecule has 0 bridgehead atoms. The lowest BCUT2D eigenvalue weighted by Crippen LogP contribution is -2.32. The smallest absolute Gasteiger partial charge is 0.335 e. The van der Waals surface area contributed by atoms with Crippen molar-refractivity contribution in [1.82, 2.24) is 24.4 Å². The normalized spacial score (nSPS) is 14.2. The van der Waals surface area contributed by atoms with Crippen molar-refractivity contribution in [1.29, 1.82) is 0 Å². The molecule has 3 N–H and O–H groups in total. The molecule has 44 heavy (non-hydrogen) atoms. The van der Waals surface area contributed by atoms with E-state index in [1.807, 2.05) is 54.6 Å². The van der Waals surface area contributed by atoms with Gasteiger partial charge < -0.3 is 10.8 Å². The molecule has 6 aromatic rings. The minimum Gasteiger partial charge on any atom is -0.478 e. The highest BCUT2D eigenvalue weighted by Gasteiger charge is 2.22. The molecule has 8 nitrogen and oxygen atoms in total. The fourth-order valence-corrected chi connectivity index (χ4v) is 6.09. The van der Waals surface area contributed by atoms with Crippen molar-refractivity contribution in [3.8, 4) is 28.3 Å². The summed E-state index contributed by atoms with van der Waals surface area (Å²) in [6, 6.07) is 33.9. The number of carboxylic acid groups (broad SMARTS) is 1. The Hall–Kier alpha value is -5.34. The first-order chi connectivity index (χ1) is 21.5. The Bertz CT molecular complexity index is 1930. The zero-order valence-electron chi connectivity index (χ0n) is 24.2. The van der Waals surface area contributed by atoms with Gasteiger partial charge in [-0.2, -0.15) is 0 Å². The van der Waals surface area contributed by atoms with Gasteiger partial charge in [0.05, 0.1) is 16.8 Å². The first-order valence-corrected chi connectivity index (χ1v) is 14.8. The van der Waals surface area contributed by atoms with Crippen LogP contribution in [0.4, 0.5) is 5.82 Å². The Balaban J connectivity index is 1.15. The summed E-state index contributed by atoms with van der Waals surface area (Å²) < 4.78 is 2.08. The summed E-state index contributed by atoms with van der Waals surface area (Å²) in [5, 5.41) is 9.16. The van der Waals surface area contributed by atoms with Crippen LogP contribution in [-0.2, 0) is 6.54 Å². The Morgan fingerprint density at radius 2 is 1.59 bits per heavy atom. The Labute approximate surface area is 255 Å². The number of likely N-dealkylation sites (tertiary alicyclic amines) is 1. The number of benzene rings is 3. The van der Waals surface area contributed by atoms with Gasteiger partial charge >= 0.3 is 5.97 Å². The van der Waals surface area contributed by atoms with Crippen LogP contribution in [0.1, 0.15) is 40.2 Å². The van der Waals surface area contributed by atoms with Crippen molar-refractivity contribution in [3.63, 3.8) is 0 Å². The van der Waals surface area contributed by atoms with Crippen molar-refractivity contribution in [2.75, 3.05) is 18.8 Å². The summed E-state index contributed by atoms with van der Waals surface area (Å²) in [6.07, 6.45) is 3.83. The van der Waals surface area contributed by atoms with E-state index in [4.69, 9.17) is 20.8 Å². The molecule has 0 amide bonds. The van der Waals surface area contributed by atoms with Gasteiger partial charge in [0.25, 0.3) is 0 Å². The third kappa shape index (κ3) is 5.43. The lowest BCUT2D eigenvalue weighted by atomic mass is 9.89. The number of nitrogens with two attached hydrogens (primary N) is 1. The molecule has 0 unspecified atom stereocenters. The number of pyridine rings is 2. The third-order valence-corrected chi connectivity index (χ3v) is 8.47. The number of nitrogens with zero attached hydrogens (tertiary/aromatic N) is 5. The molecule has 218 valence electrons. The van der Waals surface area contributed by atoms with Gasteiger partial charge in [0, 0.05) is 24.0 Å². The SMILES string of the molecule is Nc1ncccc1-c1nc2ccc(-c3ccccc3)nc2n1-c1ccc(C2CCN(Cc3ccc(C(=O)O)cc3)CC2)cc1. The predicted octanol–water partition coefficient (Wildman–Crippen LogP) is 6.81. The first-order valence-electron chi connectivity index (χ1n) is 14.8. The van der Waals surface area contributed by atoms with Crippen LogP contribution in [0, 0.1) is 0 Å². The van der Waals surface area contributed by atoms with Gasteiger partial charge in [0.15, 0.2) is 11.5 Å². The summed E-state index contributed by atoms with van der Waals surface area (Å²) in [5.41, 5.74) is 14.3. The number of carbonyl (C=O) groups is 1. The molecule has 3 aromatic carbocycles. The zero-order valence-corrected chi connectivity index (χ0v) is 24.2. The molecule has 0 saturated carbocycles. The molecule has 1 aliphatic heterocycles. The van der Waals surface area contributed by atoms with E-state index in [1.54, 1.807) is 18.3 Å². The maximum Gasteiger partial charge on any atom is 0.335 e. The first kappa shape index (κ1) is 27.5. The van der Waals surface area contributed by atoms with E-state index in [9.17, 15) is 4.79 Å². The summed E-state index contributed by atoms with van der Waals surface area (Å²) in [6.45, 7) is 2.82. The standard InChI is InChI=1S/C36H32N6O2/c37-33-30(7-4-20-38-33)34-40-32-17-16-31(27-5-2-1-3-6-27)39-35(32)42(34)29-14-12-25(13-15-29)26-18-21-41(22-19-26)23-24-8-10-28(11-9-24)36(43)44/h1-17,20,26H,18-19,21-23H2,(H2,37,38)(H,43,44). The minimum absolute atomic E-state index is 0.322. The summed E-state index contributed by atoms with van der Waals surface area (Å²) in [7, 11) is 0. The average Bonchev–Trinajstić information content (AvgIpc) is 3.45. The van der Waals surface area contributed by atoms with Gasteiger partial charge in [-0.3, -0.25) is 9.47 Å². The molecule has 1 saturated heterocycles. The number of carboxylic acids is 1. The second-order valence-electron chi connectivity index (χ2n) is 11.3. The summed E-state index contributed by atoms with van der Waals surface area (Å²) in [5.74, 6) is 0.718. The Kier molecular flexibility index (Phi) is 7.33. The number of piperidine rings is 1. The minimum atomic E-state index is -0.893. The largest absolute Gasteiger partial charge is 0.478 e. The van der Waals surface area contributed by atoms with Gasteiger partial charge in [-0.25, -0.2) is 19.7 Å². The number of rotatable bonds is 7. The average molecular weight is 581 g/mol. The molecule has 0 atom stereocenters. The van der Waals surface area contributed by atoms with E-state index < -0.39 is 5.97 Å². The van der Waals surface area contributed by atoms with Crippen LogP contribution in [-0.4, -0.2) is 48.6 Å². The highest BCUT2D eigenvalue weighted by molar-refractivity contribution is 5.87. The van der Waals surface area contributed by atoms with Gasteiger partial charge in [-0.15, -0.1) is 0 Å². The molecule has 7 rings (SSSR count). The second-order valence-corrected chi connectivity index (χ2v) is 11.3. The molecule has 3 aromatic heterocycles. The second kappa shape index (κ2) is 11.7. The lowest BCUT2D eigenvalue weighted by molar-refractivity contribution is 0.0697. The molecule has 0 spiro atoms. The number of imidazole rings is 1. The predicted molar refractivity (Wildman–Crippen MR) is 173 cm³/mol. The summed E-state index contributed by atoms with van der Waals surface area (Å²) >= 11 is 0. The molecular formula is C36H32N6O2. The monoisotopic (exact) mass is 580 g/mol. The van der Waals surface area contributed by atoms with Crippen molar-refractivity contribution < 1.29 is 9.90 Å². The Morgan fingerprint density at radius 1 is 0.841 bits per heavy atom. The van der Waals surface area contributed by atoms with Crippen molar-refractivity contribution in [3.05, 3.63) is 126 Å². The van der Waals surface area contributed by atoms with E-state index in [2.05, 4.69) is 50.8 Å². The molecule has 8 heteroatoms. The van der Waals surface area contributed by atoms with E-state index >= 15 is 0 Å². The van der Waals surface area contributed by atoms with Crippen LogP contribution in [0.2, 0.25) is 0 Å². The number of hydrogen-bond donors (Lipinski definition) is 2. The van der Waals surface area contributed by atoms with Crippen LogP contribution in [0.5, 0.6) is 0 Å². The lowest BCUT2D eigenvalue weighted by Gasteiger charge is -2.32. The number of fused-ring (bicyclic) bond motifs is 1. The molecule has 0 aliphatic carbocycles. The number of anilines is 1. The highest BCUT2D eigenvalue weighted by Crippen LogP contribution is 2.34. The van der Waals surface area contributed by atoms with Crippen LogP contribution in [0.15, 0.2) is 109 Å². The zero-order chi connectivity index (χ0) is 30.0. The maximum absolute atomic E-state index is 11.2. The fourth-order valence-electron chi connectivity index (χ4n) is 6.09. The third-order valence-electron chi connectivity index (χ3n) is 8.47. The maximum atomic E-state index is 11.2. The van der Waals surface area contributed by atoms with E-state index in [0.717, 1.165) is 71.7 Å². The van der Waals surface area contributed by atoms with E-state index in [1.165, 1.54) is 5.56 Å². The molecule has 1 fully saturated rings. The number of nitrogen functional groups attached to an aromatic ring is 1. The van der Waals surface area contributed by atoms with Crippen molar-refractivity contribution in [2.45, 2.75) is 25.3 Å². The molecule has 4 heterocycles. The Morgan fingerprint density at radius 3 is 2.30 bits per heavy atom. The number of aromatic carboxylic acids is 1.